The van der Waals surface area contributed by atoms with Crippen LogP contribution in [-0.4, -0.2) is 12.0 Å². The van der Waals surface area contributed by atoms with Crippen LogP contribution in [0.15, 0.2) is 28.7 Å². The van der Waals surface area contributed by atoms with Crippen molar-refractivity contribution in [2.45, 2.75) is 6.04 Å². The quantitative estimate of drug-likeness (QED) is 0.887. The van der Waals surface area contributed by atoms with E-state index in [1.807, 2.05) is 12.1 Å². The van der Waals surface area contributed by atoms with Crippen molar-refractivity contribution >= 4 is 27.7 Å². The number of thioether (sulfide) groups is 1. The van der Waals surface area contributed by atoms with E-state index in [0.717, 1.165) is 10.2 Å². The van der Waals surface area contributed by atoms with Gasteiger partial charge in [0, 0.05) is 16.3 Å². The highest BCUT2D eigenvalue weighted by atomic mass is 79.9. The van der Waals surface area contributed by atoms with E-state index in [4.69, 9.17) is 5.73 Å². The van der Waals surface area contributed by atoms with Crippen molar-refractivity contribution < 1.29 is 0 Å². The van der Waals surface area contributed by atoms with Gasteiger partial charge in [0.2, 0.25) is 0 Å². The lowest BCUT2D eigenvalue weighted by Crippen LogP contribution is -2.12. The smallest absolute Gasteiger partial charge is 0.0386 e. The van der Waals surface area contributed by atoms with Crippen LogP contribution < -0.4 is 5.73 Å². The summed E-state index contributed by atoms with van der Waals surface area (Å²) in [7, 11) is 0. The molecule has 1 unspecified atom stereocenters. The van der Waals surface area contributed by atoms with E-state index in [-0.39, 0.29) is 6.04 Å². The fourth-order valence-electron chi connectivity index (χ4n) is 0.986. The van der Waals surface area contributed by atoms with Gasteiger partial charge in [-0.25, -0.2) is 0 Å². The Bertz CT molecular complexity index is 235. The molecule has 1 nitrogen and oxygen atoms in total. The molecule has 0 aliphatic rings. The van der Waals surface area contributed by atoms with Gasteiger partial charge in [0.05, 0.1) is 0 Å². The Morgan fingerprint density at radius 1 is 1.42 bits per heavy atom. The summed E-state index contributed by atoms with van der Waals surface area (Å²) < 4.78 is 1.10. The average molecular weight is 246 g/mol. The van der Waals surface area contributed by atoms with Crippen LogP contribution in [0.1, 0.15) is 11.6 Å². The minimum atomic E-state index is 0.160. The summed E-state index contributed by atoms with van der Waals surface area (Å²) in [6, 6.07) is 8.33. The predicted molar refractivity (Wildman–Crippen MR) is 59.5 cm³/mol. The van der Waals surface area contributed by atoms with Gasteiger partial charge in [-0.05, 0) is 24.0 Å². The molecule has 0 radical (unpaired) electrons. The number of halogens is 1. The highest BCUT2D eigenvalue weighted by molar-refractivity contribution is 9.10. The Balaban J connectivity index is 2.68. The van der Waals surface area contributed by atoms with Crippen molar-refractivity contribution in [2.24, 2.45) is 5.73 Å². The molecule has 0 amide bonds. The van der Waals surface area contributed by atoms with Crippen molar-refractivity contribution in [2.75, 3.05) is 12.0 Å². The normalized spacial score (nSPS) is 12.9. The van der Waals surface area contributed by atoms with Crippen molar-refractivity contribution in [3.8, 4) is 0 Å². The molecule has 0 bridgehead atoms. The summed E-state index contributed by atoms with van der Waals surface area (Å²) >= 11 is 5.16. The summed E-state index contributed by atoms with van der Waals surface area (Å²) in [5, 5.41) is 0. The van der Waals surface area contributed by atoms with Gasteiger partial charge in [-0.3, -0.25) is 0 Å². The minimum absolute atomic E-state index is 0.160. The molecule has 0 aliphatic carbocycles. The van der Waals surface area contributed by atoms with Gasteiger partial charge < -0.3 is 5.73 Å². The van der Waals surface area contributed by atoms with Crippen molar-refractivity contribution in [3.63, 3.8) is 0 Å². The van der Waals surface area contributed by atoms with Gasteiger partial charge in [0.15, 0.2) is 0 Å². The van der Waals surface area contributed by atoms with E-state index in [2.05, 4.69) is 34.3 Å². The molecule has 1 aromatic rings. The van der Waals surface area contributed by atoms with Gasteiger partial charge in [-0.15, -0.1) is 0 Å². The monoisotopic (exact) mass is 245 g/mol. The minimum Gasteiger partial charge on any atom is -0.323 e. The average Bonchev–Trinajstić information content (AvgIpc) is 2.06. The number of hydrogen-bond acceptors (Lipinski definition) is 2. The largest absolute Gasteiger partial charge is 0.323 e. The summed E-state index contributed by atoms with van der Waals surface area (Å²) in [5.41, 5.74) is 7.12. The molecule has 0 heterocycles. The maximum absolute atomic E-state index is 5.92. The molecule has 0 saturated carbocycles. The van der Waals surface area contributed by atoms with Crippen LogP contribution in [0.4, 0.5) is 0 Å². The molecular formula is C9H12BrNS. The number of nitrogens with two attached hydrogens (primary N) is 1. The molecule has 1 rings (SSSR count). The highest BCUT2D eigenvalue weighted by Gasteiger charge is 2.03. The first kappa shape index (κ1) is 10.1. The Morgan fingerprint density at radius 3 is 2.50 bits per heavy atom. The standard InChI is InChI=1S/C9H12BrNS/c1-12-6-9(11)7-2-4-8(10)5-3-7/h2-5,9H,6,11H2,1H3. The molecule has 3 heteroatoms. The third-order valence-electron chi connectivity index (χ3n) is 1.64. The maximum Gasteiger partial charge on any atom is 0.0386 e. The van der Waals surface area contributed by atoms with Crippen LogP contribution in [0.25, 0.3) is 0 Å². The molecule has 0 saturated heterocycles. The van der Waals surface area contributed by atoms with Crippen molar-refractivity contribution in [1.29, 1.82) is 0 Å². The Labute approximate surface area is 85.9 Å². The third kappa shape index (κ3) is 2.81. The topological polar surface area (TPSA) is 26.0 Å². The zero-order chi connectivity index (χ0) is 8.97. The fourth-order valence-corrected chi connectivity index (χ4v) is 1.80. The fraction of sp³-hybridized carbons (Fsp3) is 0.333. The molecule has 0 aromatic heterocycles. The lowest BCUT2D eigenvalue weighted by atomic mass is 10.1. The molecule has 0 aliphatic heterocycles. The molecule has 66 valence electrons. The number of benzene rings is 1. The molecule has 0 fully saturated rings. The van der Waals surface area contributed by atoms with Gasteiger partial charge in [-0.2, -0.15) is 11.8 Å². The summed E-state index contributed by atoms with van der Waals surface area (Å²) in [6.45, 7) is 0. The molecule has 0 spiro atoms. The molecule has 1 atom stereocenters. The lowest BCUT2D eigenvalue weighted by molar-refractivity contribution is 0.832. The Hall–Kier alpha value is 0.01000. The van der Waals surface area contributed by atoms with Crippen LogP contribution in [0.2, 0.25) is 0 Å². The second-order valence-electron chi connectivity index (χ2n) is 2.61. The van der Waals surface area contributed by atoms with Gasteiger partial charge in [-0.1, -0.05) is 28.1 Å². The summed E-state index contributed by atoms with van der Waals surface area (Å²) in [6.07, 6.45) is 2.07. The number of rotatable bonds is 3. The van der Waals surface area contributed by atoms with E-state index in [0.29, 0.717) is 0 Å². The van der Waals surface area contributed by atoms with Gasteiger partial charge >= 0.3 is 0 Å². The molecule has 1 aromatic carbocycles. The lowest BCUT2D eigenvalue weighted by Gasteiger charge is -2.09. The van der Waals surface area contributed by atoms with E-state index < -0.39 is 0 Å². The van der Waals surface area contributed by atoms with Crippen LogP contribution in [0.5, 0.6) is 0 Å². The third-order valence-corrected chi connectivity index (χ3v) is 2.87. The van der Waals surface area contributed by atoms with E-state index in [9.17, 15) is 0 Å². The first-order valence-corrected chi connectivity index (χ1v) is 5.92. The molecular weight excluding hydrogens is 234 g/mol. The van der Waals surface area contributed by atoms with E-state index in [1.165, 1.54) is 5.56 Å². The molecule has 12 heavy (non-hydrogen) atoms. The Morgan fingerprint density at radius 2 is 2.00 bits per heavy atom. The summed E-state index contributed by atoms with van der Waals surface area (Å²) in [4.78, 5) is 0. The summed E-state index contributed by atoms with van der Waals surface area (Å²) in [5.74, 6) is 0.974. The van der Waals surface area contributed by atoms with Crippen molar-refractivity contribution in [3.05, 3.63) is 34.3 Å². The second-order valence-corrected chi connectivity index (χ2v) is 4.44. The molecule has 2 N–H and O–H groups in total. The van der Waals surface area contributed by atoms with Crippen LogP contribution in [-0.2, 0) is 0 Å². The first-order chi connectivity index (χ1) is 5.74. The highest BCUT2D eigenvalue weighted by Crippen LogP contribution is 2.17. The Kier molecular flexibility index (Phi) is 4.12. The SMILES string of the molecule is CSCC(N)c1ccc(Br)cc1. The predicted octanol–water partition coefficient (Wildman–Crippen LogP) is 2.81. The van der Waals surface area contributed by atoms with E-state index in [1.54, 1.807) is 11.8 Å². The van der Waals surface area contributed by atoms with Crippen LogP contribution in [0.3, 0.4) is 0 Å². The number of hydrogen-bond donors (Lipinski definition) is 1. The van der Waals surface area contributed by atoms with E-state index >= 15 is 0 Å². The van der Waals surface area contributed by atoms with Gasteiger partial charge in [0.1, 0.15) is 0 Å². The van der Waals surface area contributed by atoms with Crippen molar-refractivity contribution in [1.82, 2.24) is 0 Å². The first-order valence-electron chi connectivity index (χ1n) is 3.74. The zero-order valence-electron chi connectivity index (χ0n) is 6.96. The maximum atomic E-state index is 5.92. The van der Waals surface area contributed by atoms with Crippen LogP contribution in [0, 0.1) is 0 Å². The van der Waals surface area contributed by atoms with Crippen LogP contribution >= 0.6 is 27.7 Å². The second kappa shape index (κ2) is 4.90. The zero-order valence-corrected chi connectivity index (χ0v) is 9.36. The van der Waals surface area contributed by atoms with Gasteiger partial charge in [0.25, 0.3) is 0 Å².